The molecule has 2 aromatic rings. The number of carbonyl (C=O) groups is 2. The second-order valence-corrected chi connectivity index (χ2v) is 7.10. The Kier molecular flexibility index (Phi) is 4.86. The van der Waals surface area contributed by atoms with E-state index in [1.165, 1.54) is 11.3 Å². The normalized spacial score (nSPS) is 17.5. The molecule has 0 aliphatic carbocycles. The van der Waals surface area contributed by atoms with E-state index in [4.69, 9.17) is 9.84 Å². The summed E-state index contributed by atoms with van der Waals surface area (Å²) in [5, 5.41) is 14.3. The number of aromatic nitrogens is 2. The van der Waals surface area contributed by atoms with Crippen LogP contribution in [0.25, 0.3) is 10.2 Å². The number of ether oxygens (including phenoxy) is 1. The fourth-order valence-electron chi connectivity index (χ4n) is 3.01. The first kappa shape index (κ1) is 16.9. The van der Waals surface area contributed by atoms with Gasteiger partial charge in [-0.1, -0.05) is 0 Å². The largest absolute Gasteiger partial charge is 0.481 e. The number of carboxylic acids is 1. The van der Waals surface area contributed by atoms with Crippen molar-refractivity contribution in [2.75, 3.05) is 19.7 Å². The summed E-state index contributed by atoms with van der Waals surface area (Å²) in [5.74, 6) is -1.04. The molecule has 3 rings (SSSR count). The molecular weight excluding hydrogens is 330 g/mol. The van der Waals surface area contributed by atoms with Crippen molar-refractivity contribution in [1.82, 2.24) is 14.7 Å². The van der Waals surface area contributed by atoms with Crippen molar-refractivity contribution in [3.63, 3.8) is 0 Å². The van der Waals surface area contributed by atoms with Crippen molar-refractivity contribution in [3.05, 3.63) is 16.6 Å². The molecule has 0 saturated carbocycles. The number of thiophene rings is 1. The first-order valence-corrected chi connectivity index (χ1v) is 8.83. The average Bonchev–Trinajstić information content (AvgIpc) is 3.23. The van der Waals surface area contributed by atoms with Crippen LogP contribution in [0.15, 0.2) is 6.07 Å². The molecule has 1 saturated heterocycles. The molecule has 1 amide bonds. The van der Waals surface area contributed by atoms with E-state index in [1.54, 1.807) is 9.58 Å². The standard InChI is InChI=1S/C16H21N3O4S/c1-10-12-8-13(24-16(12)18(2)17-10)15(22)19(6-5-14(20)21)9-11-4-3-7-23-11/h8,11H,3-7,9H2,1-2H3,(H,20,21)/t11-/m1/s1. The van der Waals surface area contributed by atoms with E-state index < -0.39 is 5.97 Å². The van der Waals surface area contributed by atoms with Crippen LogP contribution in [-0.4, -0.2) is 57.5 Å². The topological polar surface area (TPSA) is 84.7 Å². The second-order valence-electron chi connectivity index (χ2n) is 6.07. The Morgan fingerprint density at radius 2 is 2.33 bits per heavy atom. The molecule has 1 atom stereocenters. The highest BCUT2D eigenvalue weighted by atomic mass is 32.1. The molecule has 130 valence electrons. The van der Waals surface area contributed by atoms with Crippen molar-refractivity contribution < 1.29 is 19.4 Å². The molecular formula is C16H21N3O4S. The van der Waals surface area contributed by atoms with Crippen molar-refractivity contribution in [2.24, 2.45) is 7.05 Å². The summed E-state index contributed by atoms with van der Waals surface area (Å²) in [6.07, 6.45) is 1.83. The lowest BCUT2D eigenvalue weighted by molar-refractivity contribution is -0.137. The Morgan fingerprint density at radius 1 is 1.54 bits per heavy atom. The van der Waals surface area contributed by atoms with Gasteiger partial charge in [-0.2, -0.15) is 5.10 Å². The number of hydrogen-bond donors (Lipinski definition) is 1. The van der Waals surface area contributed by atoms with Gasteiger partial charge in [0.2, 0.25) is 0 Å². The van der Waals surface area contributed by atoms with Crippen molar-refractivity contribution in [2.45, 2.75) is 32.3 Å². The van der Waals surface area contributed by atoms with Gasteiger partial charge in [-0.25, -0.2) is 0 Å². The van der Waals surface area contributed by atoms with E-state index in [0.717, 1.165) is 28.8 Å². The first-order valence-electron chi connectivity index (χ1n) is 8.01. The molecule has 24 heavy (non-hydrogen) atoms. The van der Waals surface area contributed by atoms with E-state index in [-0.39, 0.29) is 25.0 Å². The molecule has 1 aliphatic heterocycles. The van der Waals surface area contributed by atoms with Crippen LogP contribution in [0.1, 0.15) is 34.6 Å². The lowest BCUT2D eigenvalue weighted by atomic mass is 10.2. The molecule has 1 aliphatic rings. The third-order valence-corrected chi connectivity index (χ3v) is 5.43. The van der Waals surface area contributed by atoms with Gasteiger partial charge in [0.05, 0.1) is 23.1 Å². The fourth-order valence-corrected chi connectivity index (χ4v) is 4.10. The Bertz CT molecular complexity index is 726. The minimum Gasteiger partial charge on any atom is -0.481 e. The van der Waals surface area contributed by atoms with Crippen molar-refractivity contribution in [1.29, 1.82) is 0 Å². The summed E-state index contributed by atoms with van der Waals surface area (Å²) in [5.41, 5.74) is 0.888. The summed E-state index contributed by atoms with van der Waals surface area (Å²) >= 11 is 1.39. The number of hydrogen-bond acceptors (Lipinski definition) is 5. The Hall–Kier alpha value is -1.93. The summed E-state index contributed by atoms with van der Waals surface area (Å²) in [6.45, 7) is 3.26. The minimum atomic E-state index is -0.906. The Morgan fingerprint density at radius 3 is 2.96 bits per heavy atom. The maximum Gasteiger partial charge on any atom is 0.305 e. The van der Waals surface area contributed by atoms with Gasteiger partial charge in [-0.15, -0.1) is 11.3 Å². The van der Waals surface area contributed by atoms with Crippen LogP contribution in [0.4, 0.5) is 0 Å². The molecule has 8 heteroatoms. The summed E-state index contributed by atoms with van der Waals surface area (Å²) in [4.78, 5) is 27.0. The van der Waals surface area contributed by atoms with Crippen LogP contribution in [-0.2, 0) is 16.6 Å². The molecule has 1 N–H and O–H groups in total. The molecule has 0 spiro atoms. The number of aliphatic carboxylic acids is 1. The smallest absolute Gasteiger partial charge is 0.305 e. The maximum atomic E-state index is 12.9. The molecule has 3 heterocycles. The highest BCUT2D eigenvalue weighted by Gasteiger charge is 2.25. The van der Waals surface area contributed by atoms with Gasteiger partial charge < -0.3 is 14.7 Å². The first-order chi connectivity index (χ1) is 11.5. The van der Waals surface area contributed by atoms with Crippen molar-refractivity contribution in [3.8, 4) is 0 Å². The number of nitrogens with zero attached hydrogens (tertiary/aromatic N) is 3. The predicted molar refractivity (Wildman–Crippen MR) is 90.5 cm³/mol. The van der Waals surface area contributed by atoms with Crippen LogP contribution in [0.5, 0.6) is 0 Å². The predicted octanol–water partition coefficient (Wildman–Crippen LogP) is 2.04. The van der Waals surface area contributed by atoms with Crippen LogP contribution in [0.3, 0.4) is 0 Å². The number of aryl methyl sites for hydroxylation is 2. The lowest BCUT2D eigenvalue weighted by Crippen LogP contribution is -2.38. The molecule has 2 aromatic heterocycles. The monoisotopic (exact) mass is 351 g/mol. The van der Waals surface area contributed by atoms with E-state index >= 15 is 0 Å². The molecule has 0 unspecified atom stereocenters. The zero-order valence-electron chi connectivity index (χ0n) is 13.8. The Balaban J connectivity index is 1.81. The van der Waals surface area contributed by atoms with Gasteiger partial charge in [0, 0.05) is 32.1 Å². The van der Waals surface area contributed by atoms with Crippen LogP contribution < -0.4 is 0 Å². The molecule has 0 bridgehead atoms. The molecule has 0 aromatic carbocycles. The Labute approximate surface area is 143 Å². The van der Waals surface area contributed by atoms with Crippen LogP contribution in [0.2, 0.25) is 0 Å². The fraction of sp³-hybridized carbons (Fsp3) is 0.562. The zero-order chi connectivity index (χ0) is 17.3. The van der Waals surface area contributed by atoms with E-state index in [0.29, 0.717) is 18.0 Å². The molecule has 0 radical (unpaired) electrons. The summed E-state index contributed by atoms with van der Waals surface area (Å²) < 4.78 is 7.38. The number of fused-ring (bicyclic) bond motifs is 1. The quantitative estimate of drug-likeness (QED) is 0.861. The maximum absolute atomic E-state index is 12.9. The van der Waals surface area contributed by atoms with E-state index in [2.05, 4.69) is 5.10 Å². The highest BCUT2D eigenvalue weighted by molar-refractivity contribution is 7.20. The number of amides is 1. The summed E-state index contributed by atoms with van der Waals surface area (Å²) in [7, 11) is 1.86. The van der Waals surface area contributed by atoms with Gasteiger partial charge in [0.25, 0.3) is 5.91 Å². The average molecular weight is 351 g/mol. The number of carboxylic acid groups (broad SMARTS) is 1. The number of carbonyl (C=O) groups excluding carboxylic acids is 1. The van der Waals surface area contributed by atoms with Gasteiger partial charge in [0.1, 0.15) is 4.83 Å². The van der Waals surface area contributed by atoms with E-state index in [9.17, 15) is 9.59 Å². The third kappa shape index (κ3) is 3.44. The van der Waals surface area contributed by atoms with Gasteiger partial charge >= 0.3 is 5.97 Å². The van der Waals surface area contributed by atoms with Crippen LogP contribution >= 0.6 is 11.3 Å². The SMILES string of the molecule is Cc1nn(C)c2sc(C(=O)N(CCC(=O)O)C[C@H]3CCCO3)cc12. The lowest BCUT2D eigenvalue weighted by Gasteiger charge is -2.24. The van der Waals surface area contributed by atoms with Gasteiger partial charge in [-0.05, 0) is 25.8 Å². The van der Waals surface area contributed by atoms with Crippen molar-refractivity contribution >= 4 is 33.4 Å². The third-order valence-electron chi connectivity index (χ3n) is 4.24. The molecule has 1 fully saturated rings. The minimum absolute atomic E-state index is 0.000487. The summed E-state index contributed by atoms with van der Waals surface area (Å²) in [6, 6.07) is 1.86. The number of rotatable bonds is 6. The van der Waals surface area contributed by atoms with Gasteiger partial charge in [-0.3, -0.25) is 14.3 Å². The highest BCUT2D eigenvalue weighted by Crippen LogP contribution is 2.29. The van der Waals surface area contributed by atoms with E-state index in [1.807, 2.05) is 20.0 Å². The van der Waals surface area contributed by atoms with Gasteiger partial charge in [0.15, 0.2) is 0 Å². The zero-order valence-corrected chi connectivity index (χ0v) is 14.6. The van der Waals surface area contributed by atoms with Crippen LogP contribution in [0, 0.1) is 6.92 Å². The molecule has 7 nitrogen and oxygen atoms in total. The second kappa shape index (κ2) is 6.90.